The van der Waals surface area contributed by atoms with Crippen LogP contribution in [0.15, 0.2) is 24.3 Å². The molecule has 0 atom stereocenters. The molecule has 0 fully saturated rings. The number of aromatic nitrogens is 1. The average Bonchev–Trinajstić information content (AvgIpc) is 2.83. The highest BCUT2D eigenvalue weighted by Gasteiger charge is 2.27. The highest BCUT2D eigenvalue weighted by molar-refractivity contribution is 14.1. The number of aryl methyl sites for hydroxylation is 2. The molecule has 4 nitrogen and oxygen atoms in total. The van der Waals surface area contributed by atoms with Crippen molar-refractivity contribution in [3.05, 3.63) is 55.9 Å². The van der Waals surface area contributed by atoms with Crippen LogP contribution >= 0.6 is 22.6 Å². The maximum absolute atomic E-state index is 12.9. The first-order valence-electron chi connectivity index (χ1n) is 6.60. The summed E-state index contributed by atoms with van der Waals surface area (Å²) >= 11 is 2.12. The number of hydrogen-bond acceptors (Lipinski definition) is 3. The molecule has 21 heavy (non-hydrogen) atoms. The van der Waals surface area contributed by atoms with Crippen LogP contribution in [0.2, 0.25) is 0 Å². The van der Waals surface area contributed by atoms with E-state index in [0.29, 0.717) is 28.8 Å². The molecule has 0 saturated heterocycles. The lowest BCUT2D eigenvalue weighted by Crippen LogP contribution is -2.12. The molecule has 5 heteroatoms. The second-order valence-electron chi connectivity index (χ2n) is 4.63. The minimum absolute atomic E-state index is 0.151. The Morgan fingerprint density at radius 2 is 1.90 bits per heavy atom. The van der Waals surface area contributed by atoms with Gasteiger partial charge in [0.1, 0.15) is 0 Å². The fraction of sp³-hybridized carbons (Fsp3) is 0.250. The van der Waals surface area contributed by atoms with Gasteiger partial charge in [-0.3, -0.25) is 4.79 Å². The van der Waals surface area contributed by atoms with E-state index in [2.05, 4.69) is 27.6 Å². The molecule has 1 aromatic heterocycles. The van der Waals surface area contributed by atoms with Crippen molar-refractivity contribution < 1.29 is 14.3 Å². The number of halogens is 1. The SMILES string of the molecule is CCc1[nH]c(C)c(C(=O)OC)c1C(=O)c1ccccc1I. The zero-order chi connectivity index (χ0) is 15.6. The van der Waals surface area contributed by atoms with Gasteiger partial charge < -0.3 is 9.72 Å². The summed E-state index contributed by atoms with van der Waals surface area (Å²) in [5.74, 6) is -0.640. The van der Waals surface area contributed by atoms with Crippen LogP contribution in [0.5, 0.6) is 0 Å². The van der Waals surface area contributed by atoms with Crippen molar-refractivity contribution in [1.29, 1.82) is 0 Å². The van der Waals surface area contributed by atoms with E-state index in [0.717, 1.165) is 9.26 Å². The van der Waals surface area contributed by atoms with Crippen LogP contribution in [0.1, 0.15) is 44.6 Å². The summed E-state index contributed by atoms with van der Waals surface area (Å²) in [6, 6.07) is 7.34. The maximum Gasteiger partial charge on any atom is 0.340 e. The Hall–Kier alpha value is -1.63. The minimum atomic E-state index is -0.488. The first-order chi connectivity index (χ1) is 10.0. The molecule has 0 radical (unpaired) electrons. The van der Waals surface area contributed by atoms with Crippen molar-refractivity contribution in [3.8, 4) is 0 Å². The topological polar surface area (TPSA) is 59.2 Å². The van der Waals surface area contributed by atoms with Crippen molar-refractivity contribution >= 4 is 34.3 Å². The van der Waals surface area contributed by atoms with Gasteiger partial charge in [0.05, 0.1) is 18.2 Å². The predicted molar refractivity (Wildman–Crippen MR) is 88.8 cm³/mol. The number of carbonyl (C=O) groups is 2. The van der Waals surface area contributed by atoms with Gasteiger partial charge in [-0.25, -0.2) is 4.79 Å². The van der Waals surface area contributed by atoms with E-state index in [1.165, 1.54) is 7.11 Å². The molecule has 0 aliphatic heterocycles. The number of nitrogens with one attached hydrogen (secondary N) is 1. The van der Waals surface area contributed by atoms with Crippen molar-refractivity contribution in [3.63, 3.8) is 0 Å². The van der Waals surface area contributed by atoms with Crippen LogP contribution in [-0.2, 0) is 11.2 Å². The Morgan fingerprint density at radius 3 is 2.48 bits per heavy atom. The summed E-state index contributed by atoms with van der Waals surface area (Å²) in [4.78, 5) is 28.0. The molecular weight excluding hydrogens is 381 g/mol. The van der Waals surface area contributed by atoms with Gasteiger partial charge in [0.2, 0.25) is 0 Å². The lowest BCUT2D eigenvalue weighted by atomic mass is 9.98. The molecule has 0 aliphatic carbocycles. The number of hydrogen-bond donors (Lipinski definition) is 1. The number of benzene rings is 1. The third-order valence-electron chi connectivity index (χ3n) is 3.35. The van der Waals surface area contributed by atoms with Gasteiger partial charge in [-0.1, -0.05) is 19.1 Å². The van der Waals surface area contributed by atoms with Gasteiger partial charge in [-0.05, 0) is 48.1 Å². The zero-order valence-corrected chi connectivity index (χ0v) is 14.3. The van der Waals surface area contributed by atoms with Crippen LogP contribution < -0.4 is 0 Å². The van der Waals surface area contributed by atoms with Gasteiger partial charge in [0.25, 0.3) is 0 Å². The molecule has 0 unspecified atom stereocenters. The van der Waals surface area contributed by atoms with Crippen molar-refractivity contribution in [1.82, 2.24) is 4.98 Å². The summed E-state index contributed by atoms with van der Waals surface area (Å²) in [5, 5.41) is 0. The normalized spacial score (nSPS) is 10.5. The molecular formula is C16H16INO3. The third kappa shape index (κ3) is 2.88. The molecule has 2 rings (SSSR count). The second kappa shape index (κ2) is 6.43. The van der Waals surface area contributed by atoms with Crippen LogP contribution in [0.4, 0.5) is 0 Å². The van der Waals surface area contributed by atoms with E-state index in [1.54, 1.807) is 13.0 Å². The molecule has 0 spiro atoms. The molecule has 1 N–H and O–H groups in total. The number of ketones is 1. The number of carbonyl (C=O) groups excluding carboxylic acids is 2. The fourth-order valence-electron chi connectivity index (χ4n) is 2.34. The second-order valence-corrected chi connectivity index (χ2v) is 5.79. The number of H-pyrrole nitrogens is 1. The molecule has 0 saturated carbocycles. The average molecular weight is 397 g/mol. The summed E-state index contributed by atoms with van der Waals surface area (Å²) in [6.45, 7) is 3.72. The Morgan fingerprint density at radius 1 is 1.24 bits per heavy atom. The Labute approximate surface area is 137 Å². The Bertz CT molecular complexity index is 704. The number of rotatable bonds is 4. The quantitative estimate of drug-likeness (QED) is 0.488. The zero-order valence-electron chi connectivity index (χ0n) is 12.1. The summed E-state index contributed by atoms with van der Waals surface area (Å²) in [5.41, 5.74) is 2.77. The van der Waals surface area contributed by atoms with Gasteiger partial charge in [-0.15, -0.1) is 0 Å². The van der Waals surface area contributed by atoms with E-state index in [4.69, 9.17) is 4.74 Å². The number of esters is 1. The fourth-order valence-corrected chi connectivity index (χ4v) is 2.98. The highest BCUT2D eigenvalue weighted by atomic mass is 127. The first kappa shape index (κ1) is 15.8. The highest BCUT2D eigenvalue weighted by Crippen LogP contribution is 2.25. The first-order valence-corrected chi connectivity index (χ1v) is 7.68. The molecule has 0 amide bonds. The van der Waals surface area contributed by atoms with E-state index in [9.17, 15) is 9.59 Å². The largest absolute Gasteiger partial charge is 0.465 e. The van der Waals surface area contributed by atoms with Crippen molar-refractivity contribution in [2.45, 2.75) is 20.3 Å². The molecule has 0 aliphatic rings. The van der Waals surface area contributed by atoms with Crippen LogP contribution in [0.25, 0.3) is 0 Å². The lowest BCUT2D eigenvalue weighted by molar-refractivity contribution is 0.0597. The standard InChI is InChI=1S/C16H16INO3/c1-4-12-14(13(9(2)18-12)16(20)21-3)15(19)10-7-5-6-8-11(10)17/h5-8,18H,4H2,1-3H3. The molecule has 2 aromatic rings. The van der Waals surface area contributed by atoms with Gasteiger partial charge >= 0.3 is 5.97 Å². The molecule has 0 bridgehead atoms. The van der Waals surface area contributed by atoms with Gasteiger partial charge in [0, 0.05) is 20.5 Å². The van der Waals surface area contributed by atoms with E-state index < -0.39 is 5.97 Å². The Balaban J connectivity index is 2.65. The minimum Gasteiger partial charge on any atom is -0.465 e. The van der Waals surface area contributed by atoms with Gasteiger partial charge in [-0.2, -0.15) is 0 Å². The monoisotopic (exact) mass is 397 g/mol. The van der Waals surface area contributed by atoms with Crippen molar-refractivity contribution in [2.75, 3.05) is 7.11 Å². The van der Waals surface area contributed by atoms with E-state index in [-0.39, 0.29) is 5.78 Å². The lowest BCUT2D eigenvalue weighted by Gasteiger charge is -2.07. The Kier molecular flexibility index (Phi) is 4.82. The number of methoxy groups -OCH3 is 1. The summed E-state index contributed by atoms with van der Waals surface area (Å²) < 4.78 is 5.68. The molecule has 1 heterocycles. The number of aromatic amines is 1. The maximum atomic E-state index is 12.9. The van der Waals surface area contributed by atoms with Crippen LogP contribution in [-0.4, -0.2) is 23.8 Å². The molecule has 1 aromatic carbocycles. The molecule has 110 valence electrons. The van der Waals surface area contributed by atoms with E-state index in [1.807, 2.05) is 25.1 Å². The summed E-state index contributed by atoms with van der Waals surface area (Å²) in [6.07, 6.45) is 0.641. The number of ether oxygens (including phenoxy) is 1. The summed E-state index contributed by atoms with van der Waals surface area (Å²) in [7, 11) is 1.32. The third-order valence-corrected chi connectivity index (χ3v) is 4.29. The van der Waals surface area contributed by atoms with Crippen molar-refractivity contribution in [2.24, 2.45) is 0 Å². The predicted octanol–water partition coefficient (Wildman–Crippen LogP) is 3.51. The van der Waals surface area contributed by atoms with Crippen LogP contribution in [0, 0.1) is 10.5 Å². The van der Waals surface area contributed by atoms with E-state index >= 15 is 0 Å². The smallest absolute Gasteiger partial charge is 0.340 e. The van der Waals surface area contributed by atoms with Crippen LogP contribution in [0.3, 0.4) is 0 Å². The van der Waals surface area contributed by atoms with Gasteiger partial charge in [0.15, 0.2) is 5.78 Å².